The van der Waals surface area contributed by atoms with Gasteiger partial charge in [-0.25, -0.2) is 0 Å². The van der Waals surface area contributed by atoms with Gasteiger partial charge in [0.15, 0.2) is 0 Å². The Bertz CT molecular complexity index is 331. The Balaban J connectivity index is 2.53. The molecule has 1 aromatic carbocycles. The van der Waals surface area contributed by atoms with E-state index in [0.29, 0.717) is 19.0 Å². The molecule has 0 aromatic heterocycles. The van der Waals surface area contributed by atoms with E-state index >= 15 is 0 Å². The monoisotopic (exact) mass is 261 g/mol. The molecule has 90 valence electrons. The topological polar surface area (TPSA) is 21.3 Å². The first-order valence-corrected chi connectivity index (χ1v) is 6.12. The second-order valence-corrected chi connectivity index (χ2v) is 4.50. The third-order valence-electron chi connectivity index (χ3n) is 2.34. The quantitative estimate of drug-likeness (QED) is 0.796. The molecule has 0 radical (unpaired) electrons. The summed E-state index contributed by atoms with van der Waals surface area (Å²) in [4.78, 5) is 0. The van der Waals surface area contributed by atoms with Gasteiger partial charge in [-0.3, -0.25) is 0 Å². The lowest BCUT2D eigenvalue weighted by Crippen LogP contribution is -2.34. The molecule has 4 heteroatoms. The molecule has 0 fully saturated rings. The lowest BCUT2D eigenvalue weighted by Gasteiger charge is -2.15. The Labute approximate surface area is 107 Å². The first kappa shape index (κ1) is 13.8. The number of aryl methyl sites for hydroxylation is 1. The van der Waals surface area contributed by atoms with Gasteiger partial charge in [0.2, 0.25) is 0 Å². The van der Waals surface area contributed by atoms with Gasteiger partial charge in [0.25, 0.3) is 0 Å². The molecule has 0 bridgehead atoms. The number of alkyl halides is 1. The summed E-state index contributed by atoms with van der Waals surface area (Å²) in [6.45, 7) is 3.34. The van der Waals surface area contributed by atoms with E-state index in [1.165, 1.54) is 5.56 Å². The van der Waals surface area contributed by atoms with Gasteiger partial charge < -0.3 is 10.1 Å². The maximum atomic E-state index is 6.13. The smallest absolute Gasteiger partial charge is 0.0627 e. The third kappa shape index (κ3) is 4.30. The van der Waals surface area contributed by atoms with E-state index in [0.717, 1.165) is 10.6 Å². The molecule has 1 N–H and O–H groups in total. The van der Waals surface area contributed by atoms with Crippen molar-refractivity contribution in [2.75, 3.05) is 19.6 Å². The summed E-state index contributed by atoms with van der Waals surface area (Å²) in [7, 11) is 1.67. The van der Waals surface area contributed by atoms with Crippen molar-refractivity contribution in [1.29, 1.82) is 0 Å². The van der Waals surface area contributed by atoms with E-state index in [1.54, 1.807) is 7.11 Å². The SMILES string of the molecule is COCC(CCl)NCc1ccc(C)cc1Cl. The number of hydrogen-bond donors (Lipinski definition) is 1. The van der Waals surface area contributed by atoms with E-state index in [9.17, 15) is 0 Å². The summed E-state index contributed by atoms with van der Waals surface area (Å²) in [5.74, 6) is 0.525. The highest BCUT2D eigenvalue weighted by molar-refractivity contribution is 6.31. The average molecular weight is 262 g/mol. The Morgan fingerprint density at radius 3 is 2.75 bits per heavy atom. The number of benzene rings is 1. The second-order valence-electron chi connectivity index (χ2n) is 3.78. The van der Waals surface area contributed by atoms with Crippen LogP contribution in [-0.2, 0) is 11.3 Å². The van der Waals surface area contributed by atoms with Crippen LogP contribution in [0.15, 0.2) is 18.2 Å². The van der Waals surface area contributed by atoms with Crippen molar-refractivity contribution >= 4 is 23.2 Å². The zero-order valence-corrected chi connectivity index (χ0v) is 11.1. The summed E-state index contributed by atoms with van der Waals surface area (Å²) < 4.78 is 5.05. The van der Waals surface area contributed by atoms with Gasteiger partial charge in [-0.1, -0.05) is 23.7 Å². The first-order valence-electron chi connectivity index (χ1n) is 5.20. The van der Waals surface area contributed by atoms with Crippen LogP contribution in [0, 0.1) is 6.92 Å². The third-order valence-corrected chi connectivity index (χ3v) is 3.07. The van der Waals surface area contributed by atoms with Gasteiger partial charge >= 0.3 is 0 Å². The van der Waals surface area contributed by atoms with Crippen LogP contribution in [0.2, 0.25) is 5.02 Å². The summed E-state index contributed by atoms with van der Waals surface area (Å²) >= 11 is 11.9. The molecule has 1 atom stereocenters. The maximum Gasteiger partial charge on any atom is 0.0627 e. The standard InChI is InChI=1S/C12H17Cl2NO/c1-9-3-4-10(12(14)5-9)7-15-11(6-13)8-16-2/h3-5,11,15H,6-8H2,1-2H3. The van der Waals surface area contributed by atoms with Gasteiger partial charge in [-0.15, -0.1) is 11.6 Å². The molecule has 0 heterocycles. The molecule has 0 aliphatic carbocycles. The van der Waals surface area contributed by atoms with Crippen LogP contribution in [0.5, 0.6) is 0 Å². The molecular formula is C12H17Cl2NO. The van der Waals surface area contributed by atoms with E-state index in [-0.39, 0.29) is 6.04 Å². The van der Waals surface area contributed by atoms with Gasteiger partial charge in [-0.2, -0.15) is 0 Å². The van der Waals surface area contributed by atoms with Crippen LogP contribution < -0.4 is 5.32 Å². The molecule has 0 saturated carbocycles. The van der Waals surface area contributed by atoms with E-state index in [4.69, 9.17) is 27.9 Å². The molecule has 0 aliphatic heterocycles. The molecule has 1 rings (SSSR count). The minimum Gasteiger partial charge on any atom is -0.383 e. The molecule has 16 heavy (non-hydrogen) atoms. The normalized spacial score (nSPS) is 12.8. The van der Waals surface area contributed by atoms with Crippen LogP contribution in [0.25, 0.3) is 0 Å². The van der Waals surface area contributed by atoms with Crippen LogP contribution in [0.3, 0.4) is 0 Å². The zero-order chi connectivity index (χ0) is 12.0. The molecule has 0 spiro atoms. The van der Waals surface area contributed by atoms with Crippen LogP contribution in [0.4, 0.5) is 0 Å². The largest absolute Gasteiger partial charge is 0.383 e. The van der Waals surface area contributed by atoms with Crippen LogP contribution in [-0.4, -0.2) is 25.6 Å². The predicted molar refractivity (Wildman–Crippen MR) is 69.4 cm³/mol. The fourth-order valence-corrected chi connectivity index (χ4v) is 1.91. The molecule has 0 saturated heterocycles. The summed E-state index contributed by atoms with van der Waals surface area (Å²) in [5.41, 5.74) is 2.25. The van der Waals surface area contributed by atoms with Crippen LogP contribution in [0.1, 0.15) is 11.1 Å². The fourth-order valence-electron chi connectivity index (χ4n) is 1.41. The Hall–Kier alpha value is -0.280. The minimum absolute atomic E-state index is 0.157. The van der Waals surface area contributed by atoms with Crippen LogP contribution >= 0.6 is 23.2 Å². The van der Waals surface area contributed by atoms with E-state index in [2.05, 4.69) is 11.4 Å². The lowest BCUT2D eigenvalue weighted by atomic mass is 10.1. The van der Waals surface area contributed by atoms with Crippen molar-refractivity contribution in [1.82, 2.24) is 5.32 Å². The first-order chi connectivity index (χ1) is 7.67. The van der Waals surface area contributed by atoms with Crippen molar-refractivity contribution in [3.8, 4) is 0 Å². The molecule has 2 nitrogen and oxygen atoms in total. The van der Waals surface area contributed by atoms with Crippen molar-refractivity contribution in [3.63, 3.8) is 0 Å². The predicted octanol–water partition coefficient (Wildman–Crippen LogP) is 2.99. The number of ether oxygens (including phenoxy) is 1. The molecule has 1 unspecified atom stereocenters. The van der Waals surface area contributed by atoms with Gasteiger partial charge in [0, 0.05) is 30.6 Å². The van der Waals surface area contributed by atoms with Gasteiger partial charge in [-0.05, 0) is 24.1 Å². The number of nitrogens with one attached hydrogen (secondary N) is 1. The summed E-state index contributed by atoms with van der Waals surface area (Å²) in [6.07, 6.45) is 0. The van der Waals surface area contributed by atoms with Gasteiger partial charge in [0.1, 0.15) is 0 Å². The van der Waals surface area contributed by atoms with Crippen molar-refractivity contribution in [3.05, 3.63) is 34.3 Å². The summed E-state index contributed by atoms with van der Waals surface area (Å²) in [5, 5.41) is 4.10. The summed E-state index contributed by atoms with van der Waals surface area (Å²) in [6, 6.07) is 6.20. The van der Waals surface area contributed by atoms with Crippen molar-refractivity contribution < 1.29 is 4.74 Å². The van der Waals surface area contributed by atoms with Crippen molar-refractivity contribution in [2.45, 2.75) is 19.5 Å². The Morgan fingerprint density at radius 1 is 1.44 bits per heavy atom. The average Bonchev–Trinajstić information content (AvgIpc) is 2.26. The highest BCUT2D eigenvalue weighted by atomic mass is 35.5. The van der Waals surface area contributed by atoms with E-state index < -0.39 is 0 Å². The minimum atomic E-state index is 0.157. The molecule has 1 aromatic rings. The van der Waals surface area contributed by atoms with Gasteiger partial charge in [0.05, 0.1) is 6.61 Å². The number of rotatable bonds is 6. The Kier molecular flexibility index (Phi) is 6.14. The highest BCUT2D eigenvalue weighted by Gasteiger charge is 2.07. The van der Waals surface area contributed by atoms with Crippen molar-refractivity contribution in [2.24, 2.45) is 0 Å². The number of halogens is 2. The fraction of sp³-hybridized carbons (Fsp3) is 0.500. The highest BCUT2D eigenvalue weighted by Crippen LogP contribution is 2.17. The number of methoxy groups -OCH3 is 1. The molecular weight excluding hydrogens is 245 g/mol. The number of hydrogen-bond acceptors (Lipinski definition) is 2. The maximum absolute atomic E-state index is 6.13. The molecule has 0 aliphatic rings. The van der Waals surface area contributed by atoms with E-state index in [1.807, 2.05) is 19.1 Å². The second kappa shape index (κ2) is 7.13. The Morgan fingerprint density at radius 2 is 2.19 bits per heavy atom. The molecule has 0 amide bonds. The lowest BCUT2D eigenvalue weighted by molar-refractivity contribution is 0.172. The zero-order valence-electron chi connectivity index (χ0n) is 9.59.